The number of nitrogens with two attached hydrogens (primary N) is 1. The van der Waals surface area contributed by atoms with E-state index < -0.39 is 5.91 Å². The van der Waals surface area contributed by atoms with Gasteiger partial charge >= 0.3 is 0 Å². The van der Waals surface area contributed by atoms with Gasteiger partial charge in [-0.25, -0.2) is 15.0 Å². The van der Waals surface area contributed by atoms with Gasteiger partial charge in [-0.3, -0.25) is 4.79 Å². The lowest BCUT2D eigenvalue weighted by Gasteiger charge is -2.26. The largest absolute Gasteiger partial charge is 0.494 e. The van der Waals surface area contributed by atoms with Crippen molar-refractivity contribution in [2.75, 3.05) is 63.0 Å². The fourth-order valence-electron chi connectivity index (χ4n) is 4.47. The summed E-state index contributed by atoms with van der Waals surface area (Å²) in [6.45, 7) is 10.3. The van der Waals surface area contributed by atoms with Crippen molar-refractivity contribution in [3.8, 4) is 5.75 Å². The zero-order chi connectivity index (χ0) is 28.5. The van der Waals surface area contributed by atoms with Crippen LogP contribution in [0.5, 0.6) is 5.75 Å². The maximum absolute atomic E-state index is 12.1. The van der Waals surface area contributed by atoms with Crippen LogP contribution < -0.4 is 25.6 Å². The lowest BCUT2D eigenvalue weighted by molar-refractivity contribution is -0.112. The Balaban J connectivity index is 1.70. The molecule has 0 atom stereocenters. The molecular formula is C27H34ClN9O2. The first kappa shape index (κ1) is 28.1. The molecule has 1 aromatic carbocycles. The van der Waals surface area contributed by atoms with E-state index in [0.29, 0.717) is 47.1 Å². The second kappa shape index (κ2) is 11.0. The number of amides is 1. The summed E-state index contributed by atoms with van der Waals surface area (Å²) in [6.07, 6.45) is 1.44. The number of rotatable bonds is 10. The van der Waals surface area contributed by atoms with E-state index in [1.54, 1.807) is 19.2 Å². The van der Waals surface area contributed by atoms with Gasteiger partial charge in [0.25, 0.3) is 0 Å². The van der Waals surface area contributed by atoms with E-state index in [9.17, 15) is 4.79 Å². The van der Waals surface area contributed by atoms with E-state index in [2.05, 4.69) is 50.6 Å². The van der Waals surface area contributed by atoms with Crippen LogP contribution in [-0.2, 0) is 10.2 Å². The lowest BCUT2D eigenvalue weighted by atomic mass is 9.91. The van der Waals surface area contributed by atoms with Crippen molar-refractivity contribution in [2.24, 2.45) is 5.73 Å². The fourth-order valence-corrected chi connectivity index (χ4v) is 4.62. The van der Waals surface area contributed by atoms with Crippen LogP contribution in [0.4, 0.5) is 29.0 Å². The number of hydrogen-bond acceptors (Lipinski definition) is 10. The molecule has 0 fully saturated rings. The molecule has 3 heterocycles. The third-order valence-corrected chi connectivity index (χ3v) is 6.82. The van der Waals surface area contributed by atoms with Crippen LogP contribution >= 0.6 is 11.6 Å². The SMILES string of the molecule is C=C(C(N)=O)c1cc(Nc2ncnc(N3CC(C)(C)c4nc(Cl)ccc43)n2)c(OC)cc1N(C)CCN(C)C. The number of anilines is 5. The van der Waals surface area contributed by atoms with Crippen LogP contribution in [0.25, 0.3) is 5.57 Å². The smallest absolute Gasteiger partial charge is 0.248 e. The number of benzene rings is 1. The van der Waals surface area contributed by atoms with Gasteiger partial charge in [-0.05, 0) is 32.3 Å². The van der Waals surface area contributed by atoms with Gasteiger partial charge in [-0.1, -0.05) is 32.0 Å². The highest BCUT2D eigenvalue weighted by atomic mass is 35.5. The Morgan fingerprint density at radius 2 is 1.95 bits per heavy atom. The molecule has 4 rings (SSSR count). The first-order valence-electron chi connectivity index (χ1n) is 12.4. The number of nitrogens with one attached hydrogen (secondary N) is 1. The molecule has 0 radical (unpaired) electrons. The van der Waals surface area contributed by atoms with Crippen molar-refractivity contribution in [3.63, 3.8) is 0 Å². The summed E-state index contributed by atoms with van der Waals surface area (Å²) in [6, 6.07) is 7.30. The summed E-state index contributed by atoms with van der Waals surface area (Å²) in [5.74, 6) is 0.691. The van der Waals surface area contributed by atoms with Gasteiger partial charge in [0.2, 0.25) is 17.8 Å². The van der Waals surface area contributed by atoms with Crippen molar-refractivity contribution in [1.29, 1.82) is 0 Å². The summed E-state index contributed by atoms with van der Waals surface area (Å²) >= 11 is 6.17. The fraction of sp³-hybridized carbons (Fsp3) is 0.370. The van der Waals surface area contributed by atoms with Crippen LogP contribution in [0.15, 0.2) is 37.2 Å². The number of likely N-dealkylation sites (N-methyl/N-ethyl adjacent to an activating group) is 2. The standard InChI is InChI=1S/C27H34ClN9O2/c1-16(24(29)38)17-12-18(21(39-7)13-20(17)36(6)11-10-35(4)5)32-25-30-15-31-26(34-25)37-14-27(2,3)23-19(37)8-9-22(28)33-23/h8-9,12-13,15H,1,10-11,14H2,2-7H3,(H2,29,38)(H,30,31,32,34). The number of halogens is 1. The monoisotopic (exact) mass is 551 g/mol. The van der Waals surface area contributed by atoms with Crippen molar-refractivity contribution < 1.29 is 9.53 Å². The van der Waals surface area contributed by atoms with E-state index in [1.165, 1.54) is 6.33 Å². The van der Waals surface area contributed by atoms with Crippen molar-refractivity contribution >= 4 is 52.0 Å². The third-order valence-electron chi connectivity index (χ3n) is 6.61. The normalized spacial score (nSPS) is 13.8. The number of methoxy groups -OCH3 is 1. The predicted molar refractivity (Wildman–Crippen MR) is 155 cm³/mol. The minimum atomic E-state index is -0.611. The number of carbonyl (C=O) groups is 1. The molecule has 3 N–H and O–H groups in total. The molecule has 0 aliphatic carbocycles. The second-order valence-electron chi connectivity index (χ2n) is 10.3. The molecule has 1 amide bonds. The maximum atomic E-state index is 12.1. The summed E-state index contributed by atoms with van der Waals surface area (Å²) in [5.41, 5.74) is 9.24. The number of ether oxygens (including phenoxy) is 1. The molecular weight excluding hydrogens is 518 g/mol. The molecule has 12 heteroatoms. The molecule has 1 aliphatic rings. The van der Waals surface area contributed by atoms with E-state index in [1.807, 2.05) is 43.1 Å². The topological polar surface area (TPSA) is 126 Å². The molecule has 0 bridgehead atoms. The number of hydrogen-bond donors (Lipinski definition) is 2. The molecule has 0 saturated heterocycles. The van der Waals surface area contributed by atoms with Crippen LogP contribution in [0.2, 0.25) is 5.15 Å². The van der Waals surface area contributed by atoms with Gasteiger partial charge in [0, 0.05) is 55.0 Å². The van der Waals surface area contributed by atoms with Crippen LogP contribution in [0.1, 0.15) is 25.1 Å². The number of aromatic nitrogens is 4. The van der Waals surface area contributed by atoms with Crippen LogP contribution in [0.3, 0.4) is 0 Å². The Morgan fingerprint density at radius 3 is 2.62 bits per heavy atom. The number of fused-ring (bicyclic) bond motifs is 1. The van der Waals surface area contributed by atoms with E-state index in [4.69, 9.17) is 22.1 Å². The highest BCUT2D eigenvalue weighted by Crippen LogP contribution is 2.43. The molecule has 3 aromatic rings. The average Bonchev–Trinajstić information content (AvgIpc) is 3.16. The number of nitrogens with zero attached hydrogens (tertiary/aromatic N) is 7. The highest BCUT2D eigenvalue weighted by Gasteiger charge is 2.38. The van der Waals surface area contributed by atoms with E-state index in [0.717, 1.165) is 23.6 Å². The molecule has 206 valence electrons. The minimum Gasteiger partial charge on any atom is -0.494 e. The zero-order valence-electron chi connectivity index (χ0n) is 23.1. The highest BCUT2D eigenvalue weighted by molar-refractivity contribution is 6.29. The summed E-state index contributed by atoms with van der Waals surface area (Å²) in [5, 5.41) is 3.66. The Labute approximate surface area is 233 Å². The molecule has 0 unspecified atom stereocenters. The zero-order valence-corrected chi connectivity index (χ0v) is 23.9. The van der Waals surface area contributed by atoms with Gasteiger partial charge in [-0.15, -0.1) is 0 Å². The molecule has 11 nitrogen and oxygen atoms in total. The molecule has 39 heavy (non-hydrogen) atoms. The summed E-state index contributed by atoms with van der Waals surface area (Å²) in [4.78, 5) is 36.2. The van der Waals surface area contributed by atoms with Gasteiger partial charge in [0.1, 0.15) is 17.2 Å². The summed E-state index contributed by atoms with van der Waals surface area (Å²) in [7, 11) is 7.52. The third kappa shape index (κ3) is 5.89. The number of pyridine rings is 1. The Kier molecular flexibility index (Phi) is 7.94. The second-order valence-corrected chi connectivity index (χ2v) is 10.7. The van der Waals surface area contributed by atoms with Gasteiger partial charge < -0.3 is 30.5 Å². The number of primary amides is 1. The lowest BCUT2D eigenvalue weighted by Crippen LogP contribution is -2.29. The molecule has 2 aromatic heterocycles. The molecule has 0 saturated carbocycles. The van der Waals surface area contributed by atoms with Crippen LogP contribution in [-0.4, -0.2) is 78.6 Å². The van der Waals surface area contributed by atoms with E-state index >= 15 is 0 Å². The first-order chi connectivity index (χ1) is 18.4. The van der Waals surface area contributed by atoms with E-state index in [-0.39, 0.29) is 11.0 Å². The number of carbonyl (C=O) groups excluding carboxylic acids is 1. The van der Waals surface area contributed by atoms with Crippen LogP contribution in [0, 0.1) is 0 Å². The predicted octanol–water partition coefficient (Wildman–Crippen LogP) is 3.60. The van der Waals surface area contributed by atoms with Crippen molar-refractivity contribution in [3.05, 3.63) is 53.6 Å². The molecule has 0 spiro atoms. The minimum absolute atomic E-state index is 0.186. The Hall–Kier alpha value is -3.96. The Morgan fingerprint density at radius 1 is 1.21 bits per heavy atom. The maximum Gasteiger partial charge on any atom is 0.248 e. The van der Waals surface area contributed by atoms with Crippen molar-refractivity contribution in [1.82, 2.24) is 24.8 Å². The van der Waals surface area contributed by atoms with Gasteiger partial charge in [0.15, 0.2) is 0 Å². The first-order valence-corrected chi connectivity index (χ1v) is 12.8. The molecule has 1 aliphatic heterocycles. The van der Waals surface area contributed by atoms with Gasteiger partial charge in [-0.2, -0.15) is 4.98 Å². The quantitative estimate of drug-likeness (QED) is 0.285. The van der Waals surface area contributed by atoms with Gasteiger partial charge in [0.05, 0.1) is 24.2 Å². The van der Waals surface area contributed by atoms with Crippen molar-refractivity contribution in [2.45, 2.75) is 19.3 Å². The average molecular weight is 552 g/mol. The Bertz CT molecular complexity index is 1410. The summed E-state index contributed by atoms with van der Waals surface area (Å²) < 4.78 is 5.70.